The summed E-state index contributed by atoms with van der Waals surface area (Å²) >= 11 is 9.72. The number of hydrogen-bond acceptors (Lipinski definition) is 1. The highest BCUT2D eigenvalue weighted by Crippen LogP contribution is 2.30. The van der Waals surface area contributed by atoms with Crippen LogP contribution in [0.1, 0.15) is 33.9 Å². The lowest BCUT2D eigenvalue weighted by Gasteiger charge is -2.21. The summed E-state index contributed by atoms with van der Waals surface area (Å²) in [5.74, 6) is 0. The van der Waals surface area contributed by atoms with Gasteiger partial charge >= 0.3 is 0 Å². The van der Waals surface area contributed by atoms with Crippen LogP contribution in [0, 0.1) is 20.8 Å². The van der Waals surface area contributed by atoms with Gasteiger partial charge in [-0.25, -0.2) is 0 Å². The second-order valence-electron chi connectivity index (χ2n) is 5.19. The maximum absolute atomic E-state index is 6.13. The van der Waals surface area contributed by atoms with Gasteiger partial charge in [0.1, 0.15) is 0 Å². The lowest BCUT2D eigenvalue weighted by atomic mass is 9.93. The Labute approximate surface area is 134 Å². The van der Waals surface area contributed by atoms with E-state index in [1.807, 2.05) is 20.0 Å². The number of halogens is 2. The molecule has 0 radical (unpaired) electrons. The fourth-order valence-corrected chi connectivity index (χ4v) is 3.04. The quantitative estimate of drug-likeness (QED) is 0.786. The van der Waals surface area contributed by atoms with Crippen molar-refractivity contribution in [1.29, 1.82) is 0 Å². The highest BCUT2D eigenvalue weighted by atomic mass is 79.9. The molecule has 0 aliphatic rings. The standard InChI is InChI=1S/C17H19BrClN/c1-10-9-15(18)11(2)8-14(10)17(20-4)13-5-6-16(19)12(3)7-13/h5-9,17,20H,1-4H3. The Morgan fingerprint density at radius 1 is 1.00 bits per heavy atom. The van der Waals surface area contributed by atoms with Crippen molar-refractivity contribution in [3.8, 4) is 0 Å². The van der Waals surface area contributed by atoms with Gasteiger partial charge in [0, 0.05) is 9.50 Å². The maximum atomic E-state index is 6.13. The minimum Gasteiger partial charge on any atom is -0.309 e. The molecule has 2 aromatic rings. The van der Waals surface area contributed by atoms with Crippen LogP contribution in [0.25, 0.3) is 0 Å². The van der Waals surface area contributed by atoms with Gasteiger partial charge in [-0.1, -0.05) is 45.7 Å². The third-order valence-corrected chi connectivity index (χ3v) is 4.94. The van der Waals surface area contributed by atoms with E-state index in [-0.39, 0.29) is 6.04 Å². The van der Waals surface area contributed by atoms with Crippen LogP contribution in [0.15, 0.2) is 34.8 Å². The summed E-state index contributed by atoms with van der Waals surface area (Å²) in [6.45, 7) is 6.30. The SMILES string of the molecule is CNC(c1ccc(Cl)c(C)c1)c1cc(C)c(Br)cc1C. The van der Waals surface area contributed by atoms with Crippen LogP contribution in [-0.2, 0) is 0 Å². The largest absolute Gasteiger partial charge is 0.309 e. The van der Waals surface area contributed by atoms with E-state index in [0.29, 0.717) is 0 Å². The minimum absolute atomic E-state index is 0.178. The van der Waals surface area contributed by atoms with Crippen LogP contribution in [0.5, 0.6) is 0 Å². The summed E-state index contributed by atoms with van der Waals surface area (Å²) in [6.07, 6.45) is 0. The van der Waals surface area contributed by atoms with E-state index in [1.165, 1.54) is 22.3 Å². The van der Waals surface area contributed by atoms with Crippen LogP contribution in [0.3, 0.4) is 0 Å². The molecule has 106 valence electrons. The van der Waals surface area contributed by atoms with Gasteiger partial charge < -0.3 is 5.32 Å². The molecule has 1 atom stereocenters. The van der Waals surface area contributed by atoms with Crippen LogP contribution >= 0.6 is 27.5 Å². The summed E-state index contributed by atoms with van der Waals surface area (Å²) in [6, 6.07) is 10.8. The van der Waals surface area contributed by atoms with E-state index in [1.54, 1.807) is 0 Å². The number of nitrogens with one attached hydrogen (secondary N) is 1. The number of benzene rings is 2. The van der Waals surface area contributed by atoms with E-state index in [0.717, 1.165) is 15.1 Å². The van der Waals surface area contributed by atoms with Gasteiger partial charge in [-0.2, -0.15) is 0 Å². The Hall–Kier alpha value is -0.830. The zero-order chi connectivity index (χ0) is 14.9. The Morgan fingerprint density at radius 3 is 2.30 bits per heavy atom. The lowest BCUT2D eigenvalue weighted by Crippen LogP contribution is -2.19. The molecule has 0 aliphatic heterocycles. The van der Waals surface area contributed by atoms with Gasteiger partial charge in [0.25, 0.3) is 0 Å². The zero-order valence-corrected chi connectivity index (χ0v) is 14.6. The molecular formula is C17H19BrClN. The van der Waals surface area contributed by atoms with E-state index in [4.69, 9.17) is 11.6 Å². The molecule has 0 fully saturated rings. The van der Waals surface area contributed by atoms with Gasteiger partial charge in [-0.3, -0.25) is 0 Å². The minimum atomic E-state index is 0.178. The first-order chi connectivity index (χ1) is 9.43. The average Bonchev–Trinajstić information content (AvgIpc) is 2.40. The van der Waals surface area contributed by atoms with Crippen molar-refractivity contribution in [2.24, 2.45) is 0 Å². The molecule has 1 unspecified atom stereocenters. The highest BCUT2D eigenvalue weighted by Gasteiger charge is 2.16. The Bertz CT molecular complexity index is 637. The van der Waals surface area contributed by atoms with Gasteiger partial charge in [-0.05, 0) is 67.8 Å². The summed E-state index contributed by atoms with van der Waals surface area (Å²) in [5, 5.41) is 4.22. The molecule has 1 nitrogen and oxygen atoms in total. The maximum Gasteiger partial charge on any atom is 0.0577 e. The molecule has 0 spiro atoms. The van der Waals surface area contributed by atoms with Crippen LogP contribution in [-0.4, -0.2) is 7.05 Å². The molecule has 2 aromatic carbocycles. The summed E-state index contributed by atoms with van der Waals surface area (Å²) in [5.41, 5.74) is 6.16. The fourth-order valence-electron chi connectivity index (χ4n) is 2.46. The van der Waals surface area contributed by atoms with Crippen molar-refractivity contribution in [2.45, 2.75) is 26.8 Å². The summed E-state index contributed by atoms with van der Waals surface area (Å²) in [7, 11) is 1.99. The number of rotatable bonds is 3. The van der Waals surface area contributed by atoms with E-state index in [9.17, 15) is 0 Å². The Balaban J connectivity index is 2.52. The first-order valence-corrected chi connectivity index (χ1v) is 7.81. The highest BCUT2D eigenvalue weighted by molar-refractivity contribution is 9.10. The van der Waals surface area contributed by atoms with E-state index in [2.05, 4.69) is 59.4 Å². The molecule has 0 bridgehead atoms. The smallest absolute Gasteiger partial charge is 0.0577 e. The van der Waals surface area contributed by atoms with Gasteiger partial charge in [-0.15, -0.1) is 0 Å². The lowest BCUT2D eigenvalue weighted by molar-refractivity contribution is 0.686. The molecule has 1 N–H and O–H groups in total. The zero-order valence-electron chi connectivity index (χ0n) is 12.2. The molecule has 0 saturated carbocycles. The van der Waals surface area contributed by atoms with Crippen molar-refractivity contribution < 1.29 is 0 Å². The Kier molecular flexibility index (Phi) is 4.90. The molecule has 0 amide bonds. The molecular weight excluding hydrogens is 334 g/mol. The first kappa shape index (κ1) is 15.6. The number of hydrogen-bond donors (Lipinski definition) is 1. The molecule has 0 aliphatic carbocycles. The van der Waals surface area contributed by atoms with Crippen molar-refractivity contribution in [3.63, 3.8) is 0 Å². The van der Waals surface area contributed by atoms with Crippen molar-refractivity contribution in [3.05, 3.63) is 67.6 Å². The molecule has 3 heteroatoms. The van der Waals surface area contributed by atoms with Gasteiger partial charge in [0.05, 0.1) is 6.04 Å². The third kappa shape index (κ3) is 3.08. The van der Waals surface area contributed by atoms with Crippen LogP contribution in [0.2, 0.25) is 5.02 Å². The third-order valence-electron chi connectivity index (χ3n) is 3.66. The normalized spacial score (nSPS) is 12.5. The van der Waals surface area contributed by atoms with Gasteiger partial charge in [0.2, 0.25) is 0 Å². The topological polar surface area (TPSA) is 12.0 Å². The van der Waals surface area contributed by atoms with Crippen molar-refractivity contribution in [1.82, 2.24) is 5.32 Å². The average molecular weight is 353 g/mol. The fraction of sp³-hybridized carbons (Fsp3) is 0.294. The number of aryl methyl sites for hydroxylation is 3. The molecule has 0 heterocycles. The van der Waals surface area contributed by atoms with Gasteiger partial charge in [0.15, 0.2) is 0 Å². The summed E-state index contributed by atoms with van der Waals surface area (Å²) in [4.78, 5) is 0. The van der Waals surface area contributed by atoms with Crippen molar-refractivity contribution >= 4 is 27.5 Å². The molecule has 0 aromatic heterocycles. The predicted octanol–water partition coefficient (Wildman–Crippen LogP) is 5.34. The van der Waals surface area contributed by atoms with Crippen LogP contribution < -0.4 is 5.32 Å². The monoisotopic (exact) mass is 351 g/mol. The Morgan fingerprint density at radius 2 is 1.70 bits per heavy atom. The second kappa shape index (κ2) is 6.30. The van der Waals surface area contributed by atoms with E-state index >= 15 is 0 Å². The molecule has 20 heavy (non-hydrogen) atoms. The molecule has 0 saturated heterocycles. The van der Waals surface area contributed by atoms with Crippen LogP contribution in [0.4, 0.5) is 0 Å². The summed E-state index contributed by atoms with van der Waals surface area (Å²) < 4.78 is 1.15. The molecule has 2 rings (SSSR count). The predicted molar refractivity (Wildman–Crippen MR) is 90.7 cm³/mol. The second-order valence-corrected chi connectivity index (χ2v) is 6.45. The van der Waals surface area contributed by atoms with Crippen molar-refractivity contribution in [2.75, 3.05) is 7.05 Å². The van der Waals surface area contributed by atoms with E-state index < -0.39 is 0 Å². The first-order valence-electron chi connectivity index (χ1n) is 6.64.